The SMILES string of the molecule is CCCCCCc1cc(CCCCCC)c2c(c1)C(C)(C)CC2. The van der Waals surface area contributed by atoms with Crippen molar-refractivity contribution < 1.29 is 0 Å². The summed E-state index contributed by atoms with van der Waals surface area (Å²) in [6.45, 7) is 9.49. The van der Waals surface area contributed by atoms with E-state index in [0.717, 1.165) is 0 Å². The molecule has 0 spiro atoms. The van der Waals surface area contributed by atoms with Crippen molar-refractivity contribution in [3.63, 3.8) is 0 Å². The molecule has 0 bridgehead atoms. The van der Waals surface area contributed by atoms with Crippen LogP contribution in [0.3, 0.4) is 0 Å². The van der Waals surface area contributed by atoms with Crippen molar-refractivity contribution in [2.24, 2.45) is 0 Å². The van der Waals surface area contributed by atoms with Crippen LogP contribution >= 0.6 is 0 Å². The standard InChI is InChI=1S/C23H38/c1-5-7-9-11-13-19-17-20(14-12-10-8-6-2)21-15-16-23(3,4)22(21)18-19/h17-18H,5-16H2,1-4H3. The van der Waals surface area contributed by atoms with Gasteiger partial charge in [-0.1, -0.05) is 78.4 Å². The van der Waals surface area contributed by atoms with E-state index in [9.17, 15) is 0 Å². The first kappa shape index (κ1) is 18.6. The molecule has 0 radical (unpaired) electrons. The zero-order chi connectivity index (χ0) is 16.7. The van der Waals surface area contributed by atoms with Gasteiger partial charge in [-0.15, -0.1) is 0 Å². The average molecular weight is 315 g/mol. The summed E-state index contributed by atoms with van der Waals surface area (Å²) in [7, 11) is 0. The van der Waals surface area contributed by atoms with Gasteiger partial charge in [-0.05, 0) is 66.2 Å². The minimum atomic E-state index is 0.396. The summed E-state index contributed by atoms with van der Waals surface area (Å²) in [6.07, 6.45) is 16.2. The zero-order valence-electron chi connectivity index (χ0n) is 16.1. The molecule has 1 aliphatic rings. The molecule has 0 saturated heterocycles. The largest absolute Gasteiger partial charge is 0.0654 e. The number of benzene rings is 1. The van der Waals surface area contributed by atoms with Crippen LogP contribution in [-0.2, 0) is 24.7 Å². The molecule has 0 heteroatoms. The van der Waals surface area contributed by atoms with Crippen LogP contribution in [0.15, 0.2) is 12.1 Å². The topological polar surface area (TPSA) is 0 Å². The van der Waals surface area contributed by atoms with Gasteiger partial charge >= 0.3 is 0 Å². The molecule has 1 aromatic rings. The second kappa shape index (κ2) is 8.90. The molecule has 0 aliphatic heterocycles. The third-order valence-corrected chi connectivity index (χ3v) is 5.75. The summed E-state index contributed by atoms with van der Waals surface area (Å²) in [5.41, 5.74) is 7.09. The normalized spacial score (nSPS) is 15.8. The molecule has 1 aromatic carbocycles. The highest BCUT2D eigenvalue weighted by molar-refractivity contribution is 5.46. The van der Waals surface area contributed by atoms with Gasteiger partial charge in [0.25, 0.3) is 0 Å². The Morgan fingerprint density at radius 1 is 0.826 bits per heavy atom. The molecule has 0 nitrogen and oxygen atoms in total. The van der Waals surface area contributed by atoms with Crippen molar-refractivity contribution in [1.29, 1.82) is 0 Å². The summed E-state index contributed by atoms with van der Waals surface area (Å²) < 4.78 is 0. The van der Waals surface area contributed by atoms with E-state index in [1.807, 2.05) is 0 Å². The third kappa shape index (κ3) is 5.10. The number of hydrogen-bond donors (Lipinski definition) is 0. The smallest absolute Gasteiger partial charge is 0.00975 e. The first-order valence-electron chi connectivity index (χ1n) is 10.2. The average Bonchev–Trinajstić information content (AvgIpc) is 2.84. The molecule has 0 saturated carbocycles. The molecule has 0 fully saturated rings. The fraction of sp³-hybridized carbons (Fsp3) is 0.739. The first-order valence-corrected chi connectivity index (χ1v) is 10.2. The van der Waals surface area contributed by atoms with Gasteiger partial charge in [0.05, 0.1) is 0 Å². The van der Waals surface area contributed by atoms with E-state index < -0.39 is 0 Å². The first-order chi connectivity index (χ1) is 11.1. The fourth-order valence-electron chi connectivity index (χ4n) is 4.13. The second-order valence-electron chi connectivity index (χ2n) is 8.29. The van der Waals surface area contributed by atoms with Crippen molar-refractivity contribution in [1.82, 2.24) is 0 Å². The molecular weight excluding hydrogens is 276 g/mol. The highest BCUT2D eigenvalue weighted by Crippen LogP contribution is 2.41. The molecule has 2 rings (SSSR count). The van der Waals surface area contributed by atoms with Crippen LogP contribution in [0.4, 0.5) is 0 Å². The summed E-state index contributed by atoms with van der Waals surface area (Å²) in [5.74, 6) is 0. The third-order valence-electron chi connectivity index (χ3n) is 5.75. The predicted molar refractivity (Wildman–Crippen MR) is 103 cm³/mol. The molecule has 1 aliphatic carbocycles. The summed E-state index contributed by atoms with van der Waals surface area (Å²) in [5, 5.41) is 0. The molecule has 0 heterocycles. The van der Waals surface area contributed by atoms with Gasteiger partial charge in [-0.25, -0.2) is 0 Å². The van der Waals surface area contributed by atoms with Crippen LogP contribution in [0.2, 0.25) is 0 Å². The van der Waals surface area contributed by atoms with Crippen LogP contribution in [0.1, 0.15) is 108 Å². The molecule has 0 N–H and O–H groups in total. The van der Waals surface area contributed by atoms with Crippen molar-refractivity contribution in [2.45, 2.75) is 110 Å². The van der Waals surface area contributed by atoms with Gasteiger partial charge in [-0.3, -0.25) is 0 Å². The highest BCUT2D eigenvalue weighted by Gasteiger charge is 2.31. The lowest BCUT2D eigenvalue weighted by atomic mass is 9.84. The Morgan fingerprint density at radius 3 is 2.13 bits per heavy atom. The van der Waals surface area contributed by atoms with Gasteiger partial charge in [-0.2, -0.15) is 0 Å². The fourth-order valence-corrected chi connectivity index (χ4v) is 4.13. The van der Waals surface area contributed by atoms with E-state index in [-0.39, 0.29) is 0 Å². The Balaban J connectivity index is 2.10. The Labute approximate surface area is 145 Å². The van der Waals surface area contributed by atoms with Crippen LogP contribution in [0.25, 0.3) is 0 Å². The maximum absolute atomic E-state index is 2.57. The zero-order valence-corrected chi connectivity index (χ0v) is 16.1. The van der Waals surface area contributed by atoms with Crippen LogP contribution in [0, 0.1) is 0 Å². The molecule has 0 aromatic heterocycles. The van der Waals surface area contributed by atoms with Gasteiger partial charge in [0.2, 0.25) is 0 Å². The number of hydrogen-bond acceptors (Lipinski definition) is 0. The Kier molecular flexibility index (Phi) is 7.18. The summed E-state index contributed by atoms with van der Waals surface area (Å²) >= 11 is 0. The lowest BCUT2D eigenvalue weighted by molar-refractivity contribution is 0.522. The van der Waals surface area contributed by atoms with Crippen molar-refractivity contribution in [3.05, 3.63) is 34.4 Å². The molecule has 23 heavy (non-hydrogen) atoms. The molecule has 0 unspecified atom stereocenters. The van der Waals surface area contributed by atoms with Crippen molar-refractivity contribution in [2.75, 3.05) is 0 Å². The van der Waals surface area contributed by atoms with E-state index >= 15 is 0 Å². The van der Waals surface area contributed by atoms with E-state index in [2.05, 4.69) is 39.8 Å². The molecule has 130 valence electrons. The van der Waals surface area contributed by atoms with E-state index in [1.54, 1.807) is 22.3 Å². The van der Waals surface area contributed by atoms with E-state index in [4.69, 9.17) is 0 Å². The van der Waals surface area contributed by atoms with Crippen LogP contribution < -0.4 is 0 Å². The van der Waals surface area contributed by atoms with Gasteiger partial charge in [0.15, 0.2) is 0 Å². The summed E-state index contributed by atoms with van der Waals surface area (Å²) in [4.78, 5) is 0. The highest BCUT2D eigenvalue weighted by atomic mass is 14.4. The lowest BCUT2D eigenvalue weighted by Gasteiger charge is -2.21. The quantitative estimate of drug-likeness (QED) is 0.402. The Morgan fingerprint density at radius 2 is 1.48 bits per heavy atom. The number of fused-ring (bicyclic) bond motifs is 1. The molecular formula is C23H38. The maximum Gasteiger partial charge on any atom is -0.00975 e. The van der Waals surface area contributed by atoms with Crippen molar-refractivity contribution in [3.8, 4) is 0 Å². The van der Waals surface area contributed by atoms with Gasteiger partial charge < -0.3 is 0 Å². The van der Waals surface area contributed by atoms with Crippen LogP contribution in [-0.4, -0.2) is 0 Å². The van der Waals surface area contributed by atoms with E-state index in [1.165, 1.54) is 77.0 Å². The maximum atomic E-state index is 2.57. The van der Waals surface area contributed by atoms with Crippen LogP contribution in [0.5, 0.6) is 0 Å². The van der Waals surface area contributed by atoms with Gasteiger partial charge in [0, 0.05) is 0 Å². The lowest BCUT2D eigenvalue weighted by Crippen LogP contribution is -2.12. The monoisotopic (exact) mass is 314 g/mol. The Hall–Kier alpha value is -0.780. The summed E-state index contributed by atoms with van der Waals surface area (Å²) in [6, 6.07) is 5.13. The Bertz CT molecular complexity index is 481. The van der Waals surface area contributed by atoms with Crippen molar-refractivity contribution >= 4 is 0 Å². The predicted octanol–water partition coefficient (Wildman–Crippen LogP) is 7.16. The minimum absolute atomic E-state index is 0.396. The molecule has 0 atom stereocenters. The van der Waals surface area contributed by atoms with Gasteiger partial charge in [0.1, 0.15) is 0 Å². The number of aryl methyl sites for hydroxylation is 2. The van der Waals surface area contributed by atoms with E-state index in [0.29, 0.717) is 5.41 Å². The minimum Gasteiger partial charge on any atom is -0.0654 e. The second-order valence-corrected chi connectivity index (χ2v) is 8.29. The number of unbranched alkanes of at least 4 members (excludes halogenated alkanes) is 6. The molecule has 0 amide bonds. The number of rotatable bonds is 10.